The van der Waals surface area contributed by atoms with Crippen LogP contribution in [-0.2, 0) is 0 Å². The molecule has 2 rings (SSSR count). The normalized spacial score (nSPS) is 10.9. The molecule has 0 aliphatic carbocycles. The lowest BCUT2D eigenvalue weighted by atomic mass is 10.3. The smallest absolute Gasteiger partial charge is 0.0832 e. The summed E-state index contributed by atoms with van der Waals surface area (Å²) in [5.74, 6) is 0. The van der Waals surface area contributed by atoms with Gasteiger partial charge in [-0.1, -0.05) is 12.7 Å². The predicted octanol–water partition coefficient (Wildman–Crippen LogP) is 3.75. The van der Waals surface area contributed by atoms with Crippen LogP contribution in [0.3, 0.4) is 0 Å². The Hall–Kier alpha value is -2.11. The number of anilines is 1. The van der Waals surface area contributed by atoms with E-state index in [0.29, 0.717) is 0 Å². The average Bonchev–Trinajstić information content (AvgIpc) is 2.93. The van der Waals surface area contributed by atoms with Crippen LogP contribution in [-0.4, -0.2) is 23.6 Å². The maximum Gasteiger partial charge on any atom is 0.0832 e. The second kappa shape index (κ2) is 7.61. The number of thiazole rings is 1. The summed E-state index contributed by atoms with van der Waals surface area (Å²) in [7, 11) is 1.95. The molecule has 0 aliphatic heterocycles. The number of nitrogens with one attached hydrogen (secondary N) is 2. The number of benzene rings is 1. The zero-order chi connectivity index (χ0) is 15.1. The van der Waals surface area contributed by atoms with E-state index < -0.39 is 0 Å². The van der Waals surface area contributed by atoms with E-state index in [-0.39, 0.29) is 0 Å². The van der Waals surface area contributed by atoms with E-state index in [9.17, 15) is 0 Å². The number of hydrogen-bond donors (Lipinski definition) is 2. The van der Waals surface area contributed by atoms with Crippen LogP contribution in [0.15, 0.2) is 60.9 Å². The summed E-state index contributed by atoms with van der Waals surface area (Å²) in [5, 5.41) is 5.16. The van der Waals surface area contributed by atoms with Crippen LogP contribution in [0.25, 0.3) is 10.2 Å². The van der Waals surface area contributed by atoms with E-state index in [4.69, 9.17) is 0 Å². The van der Waals surface area contributed by atoms with Gasteiger partial charge in [-0.05, 0) is 30.7 Å². The third-order valence-electron chi connectivity index (χ3n) is 2.84. The van der Waals surface area contributed by atoms with Crippen molar-refractivity contribution < 1.29 is 0 Å². The number of aromatic nitrogens is 1. The fourth-order valence-electron chi connectivity index (χ4n) is 1.76. The van der Waals surface area contributed by atoms with Crippen molar-refractivity contribution in [2.24, 2.45) is 0 Å². The van der Waals surface area contributed by atoms with E-state index in [2.05, 4.69) is 35.0 Å². The molecule has 0 bridgehead atoms. The van der Waals surface area contributed by atoms with Crippen LogP contribution in [0.2, 0.25) is 0 Å². The summed E-state index contributed by atoms with van der Waals surface area (Å²) in [6.45, 7) is 8.56. The Bertz CT molecular complexity index is 645. The van der Waals surface area contributed by atoms with Gasteiger partial charge in [0, 0.05) is 31.2 Å². The monoisotopic (exact) mass is 300 g/mol. The first-order valence-electron chi connectivity index (χ1n) is 6.73. The highest BCUT2D eigenvalue weighted by molar-refractivity contribution is 7.16. The molecule has 5 heteroatoms. The second-order valence-electron chi connectivity index (χ2n) is 4.60. The van der Waals surface area contributed by atoms with Gasteiger partial charge in [-0.25, -0.2) is 10.4 Å². The molecule has 0 spiro atoms. The number of fused-ring (bicyclic) bond motifs is 1. The molecule has 0 aliphatic rings. The Morgan fingerprint density at radius 1 is 1.48 bits per heavy atom. The van der Waals surface area contributed by atoms with Crippen LogP contribution in [0.4, 0.5) is 5.69 Å². The van der Waals surface area contributed by atoms with Crippen molar-refractivity contribution in [1.29, 1.82) is 0 Å². The molecule has 2 aromatic rings. The van der Waals surface area contributed by atoms with E-state index in [1.54, 1.807) is 11.3 Å². The summed E-state index contributed by atoms with van der Waals surface area (Å²) in [6, 6.07) is 6.12. The lowest BCUT2D eigenvalue weighted by molar-refractivity contribution is 0.331. The fourth-order valence-corrected chi connectivity index (χ4v) is 2.42. The van der Waals surface area contributed by atoms with Crippen molar-refractivity contribution in [3.05, 3.63) is 60.9 Å². The summed E-state index contributed by atoms with van der Waals surface area (Å²) >= 11 is 1.64. The van der Waals surface area contributed by atoms with Crippen molar-refractivity contribution in [2.45, 2.75) is 6.42 Å². The van der Waals surface area contributed by atoms with Gasteiger partial charge < -0.3 is 10.3 Å². The maximum absolute atomic E-state index is 4.31. The molecule has 0 saturated carbocycles. The first-order valence-corrected chi connectivity index (χ1v) is 7.61. The van der Waals surface area contributed by atoms with Gasteiger partial charge in [0.25, 0.3) is 0 Å². The zero-order valence-electron chi connectivity index (χ0n) is 12.2. The molecule has 1 heterocycles. The summed E-state index contributed by atoms with van der Waals surface area (Å²) in [5.41, 5.74) is 7.89. The number of hydrogen-bond acceptors (Lipinski definition) is 5. The quantitative estimate of drug-likeness (QED) is 0.337. The van der Waals surface area contributed by atoms with Gasteiger partial charge in [-0.2, -0.15) is 0 Å². The summed E-state index contributed by atoms with van der Waals surface area (Å²) < 4.78 is 1.19. The first kappa shape index (κ1) is 15.3. The molecular weight excluding hydrogens is 280 g/mol. The van der Waals surface area contributed by atoms with Crippen LogP contribution in [0.1, 0.15) is 6.42 Å². The number of rotatable bonds is 8. The Morgan fingerprint density at radius 3 is 3.14 bits per heavy atom. The Labute approximate surface area is 129 Å². The van der Waals surface area contributed by atoms with Gasteiger partial charge in [-0.15, -0.1) is 17.9 Å². The van der Waals surface area contributed by atoms with E-state index in [1.807, 2.05) is 48.1 Å². The molecule has 0 radical (unpaired) electrons. The topological polar surface area (TPSA) is 40.2 Å². The molecule has 2 N–H and O–H groups in total. The second-order valence-corrected chi connectivity index (χ2v) is 5.48. The van der Waals surface area contributed by atoms with Crippen LogP contribution in [0.5, 0.6) is 0 Å². The fraction of sp³-hybridized carbons (Fsp3) is 0.188. The van der Waals surface area contributed by atoms with E-state index in [1.165, 1.54) is 4.70 Å². The Kier molecular flexibility index (Phi) is 5.54. The highest BCUT2D eigenvalue weighted by Gasteiger charge is 1.99. The summed E-state index contributed by atoms with van der Waals surface area (Å²) in [4.78, 5) is 4.31. The molecule has 110 valence electrons. The van der Waals surface area contributed by atoms with E-state index >= 15 is 0 Å². The minimum absolute atomic E-state index is 0.821. The van der Waals surface area contributed by atoms with Crippen molar-refractivity contribution in [2.75, 3.05) is 18.9 Å². The lowest BCUT2D eigenvalue weighted by Gasteiger charge is -2.15. The summed E-state index contributed by atoms with van der Waals surface area (Å²) in [6.07, 6.45) is 6.68. The molecule has 21 heavy (non-hydrogen) atoms. The molecule has 0 atom stereocenters. The minimum Gasteiger partial charge on any atom is -0.356 e. The molecular formula is C16H20N4S. The van der Waals surface area contributed by atoms with Crippen molar-refractivity contribution in [3.8, 4) is 0 Å². The van der Waals surface area contributed by atoms with Crippen LogP contribution in [0, 0.1) is 0 Å². The average molecular weight is 300 g/mol. The molecule has 1 aromatic carbocycles. The highest BCUT2D eigenvalue weighted by Crippen LogP contribution is 2.22. The van der Waals surface area contributed by atoms with Crippen molar-refractivity contribution in [1.82, 2.24) is 15.4 Å². The third kappa shape index (κ3) is 4.73. The standard InChI is InChI=1S/C16H20N4S/c1-4-5-9-18-20(3)10-8-13(2)19-14-6-7-16-15(11-14)17-12-21-16/h4,6-8,10-12,18-19H,1-2,5,9H2,3H3/b10-8-. The molecule has 0 fully saturated rings. The van der Waals surface area contributed by atoms with Crippen LogP contribution >= 0.6 is 11.3 Å². The highest BCUT2D eigenvalue weighted by atomic mass is 32.1. The van der Waals surface area contributed by atoms with Gasteiger partial charge in [-0.3, -0.25) is 0 Å². The molecule has 0 amide bonds. The predicted molar refractivity (Wildman–Crippen MR) is 92.1 cm³/mol. The SMILES string of the molecule is C=CCCNN(C)/C=C\C(=C)Nc1ccc2scnc2c1. The van der Waals surface area contributed by atoms with Gasteiger partial charge in [0.05, 0.1) is 15.7 Å². The third-order valence-corrected chi connectivity index (χ3v) is 3.65. The Morgan fingerprint density at radius 2 is 2.33 bits per heavy atom. The van der Waals surface area contributed by atoms with Gasteiger partial charge in [0.2, 0.25) is 0 Å². The van der Waals surface area contributed by atoms with Gasteiger partial charge >= 0.3 is 0 Å². The molecule has 1 aromatic heterocycles. The number of nitrogens with zero attached hydrogens (tertiary/aromatic N) is 2. The van der Waals surface area contributed by atoms with Crippen LogP contribution < -0.4 is 10.7 Å². The largest absolute Gasteiger partial charge is 0.356 e. The molecule has 0 unspecified atom stereocenters. The van der Waals surface area contributed by atoms with E-state index in [0.717, 1.165) is 29.9 Å². The number of allylic oxidation sites excluding steroid dienone is 1. The Balaban J connectivity index is 1.87. The number of hydrazine groups is 1. The first-order chi connectivity index (χ1) is 10.2. The van der Waals surface area contributed by atoms with Gasteiger partial charge in [0.1, 0.15) is 0 Å². The lowest BCUT2D eigenvalue weighted by Crippen LogP contribution is -2.30. The molecule has 0 saturated heterocycles. The zero-order valence-corrected chi connectivity index (χ0v) is 13.0. The van der Waals surface area contributed by atoms with Gasteiger partial charge in [0.15, 0.2) is 0 Å². The molecule has 4 nitrogen and oxygen atoms in total. The van der Waals surface area contributed by atoms with Crippen molar-refractivity contribution >= 4 is 27.2 Å². The maximum atomic E-state index is 4.31. The van der Waals surface area contributed by atoms with Crippen molar-refractivity contribution in [3.63, 3.8) is 0 Å². The minimum atomic E-state index is 0.821.